The fourth-order valence-corrected chi connectivity index (χ4v) is 5.71. The molecule has 0 bridgehead atoms. The lowest BCUT2D eigenvalue weighted by molar-refractivity contribution is 0.0824. The van der Waals surface area contributed by atoms with E-state index in [-0.39, 0.29) is 34.6 Å². The third-order valence-corrected chi connectivity index (χ3v) is 8.03. The predicted octanol–water partition coefficient (Wildman–Crippen LogP) is 6.13. The van der Waals surface area contributed by atoms with Crippen molar-refractivity contribution in [2.24, 2.45) is 10.7 Å². The van der Waals surface area contributed by atoms with E-state index in [0.717, 1.165) is 6.20 Å². The summed E-state index contributed by atoms with van der Waals surface area (Å²) in [6, 6.07) is 14.0. The zero-order valence-corrected chi connectivity index (χ0v) is 25.8. The minimum atomic E-state index is -1.26. The van der Waals surface area contributed by atoms with Gasteiger partial charge in [-0.25, -0.2) is 9.37 Å². The molecule has 4 aromatic rings. The van der Waals surface area contributed by atoms with E-state index < -0.39 is 23.3 Å². The van der Waals surface area contributed by atoms with E-state index in [4.69, 9.17) is 32.2 Å². The Hall–Kier alpha value is -4.88. The van der Waals surface area contributed by atoms with E-state index in [1.54, 1.807) is 50.5 Å². The number of nitrogens with two attached hydrogens (primary N) is 1. The number of carbonyl (C=O) groups is 1. The van der Waals surface area contributed by atoms with Gasteiger partial charge < -0.3 is 30.1 Å². The summed E-state index contributed by atoms with van der Waals surface area (Å²) >= 11 is 7.70. The Bertz CT molecular complexity index is 1860. The average molecular weight is 653 g/mol. The van der Waals surface area contributed by atoms with E-state index in [1.165, 1.54) is 34.9 Å². The van der Waals surface area contributed by atoms with Crippen LogP contribution >= 0.6 is 23.4 Å². The zero-order chi connectivity index (χ0) is 32.4. The molecule has 5 rings (SSSR count). The van der Waals surface area contributed by atoms with Crippen molar-refractivity contribution in [1.82, 2.24) is 14.8 Å². The van der Waals surface area contributed by atoms with Crippen molar-refractivity contribution in [3.8, 4) is 28.9 Å². The molecule has 0 unspecified atom stereocenters. The summed E-state index contributed by atoms with van der Waals surface area (Å²) in [5, 5.41) is 18.1. The number of amides is 1. The number of carbonyl (C=O) groups excluding carboxylic acids is 1. The maximum absolute atomic E-state index is 15.7. The molecule has 232 valence electrons. The van der Waals surface area contributed by atoms with Crippen molar-refractivity contribution in [3.63, 3.8) is 0 Å². The summed E-state index contributed by atoms with van der Waals surface area (Å²) in [5.74, 6) is -4.38. The molecule has 0 fully saturated rings. The van der Waals surface area contributed by atoms with Gasteiger partial charge in [-0.05, 0) is 48.5 Å². The van der Waals surface area contributed by atoms with Gasteiger partial charge in [0.1, 0.15) is 17.4 Å². The van der Waals surface area contributed by atoms with Crippen molar-refractivity contribution < 1.29 is 28.2 Å². The van der Waals surface area contributed by atoms with Crippen molar-refractivity contribution in [2.75, 3.05) is 34.2 Å². The number of hydrogen-bond donors (Lipinski definition) is 3. The number of nitrogens with one attached hydrogen (secondary N) is 1. The second-order valence-corrected chi connectivity index (χ2v) is 11.6. The topological polar surface area (TPSA) is 137 Å². The van der Waals surface area contributed by atoms with Gasteiger partial charge in [0.2, 0.25) is 11.6 Å². The Balaban J connectivity index is 1.52. The van der Waals surface area contributed by atoms with Crippen LogP contribution in [0.25, 0.3) is 0 Å². The van der Waals surface area contributed by atoms with Crippen molar-refractivity contribution in [2.45, 2.75) is 9.79 Å². The quantitative estimate of drug-likeness (QED) is 0.145. The van der Waals surface area contributed by atoms with Crippen molar-refractivity contribution in [3.05, 3.63) is 94.1 Å². The molecule has 1 aliphatic heterocycles. The monoisotopic (exact) mass is 652 g/mol. The predicted molar refractivity (Wildman–Crippen MR) is 167 cm³/mol. The number of aromatic nitrogens is 1. The van der Waals surface area contributed by atoms with Crippen LogP contribution in [0.1, 0.15) is 21.5 Å². The SMILES string of the molecule is CN(C)C(=O)c1c(Cl)cccc1Sc1ccc(Oc2c(F)cnc(Oc3cc(C(=N)N)ccc3O)c2F)c(C2=NCCN2C)c1. The number of rotatable bonds is 9. The summed E-state index contributed by atoms with van der Waals surface area (Å²) in [5.41, 5.74) is 6.51. The third kappa shape index (κ3) is 6.64. The molecule has 14 heteroatoms. The largest absolute Gasteiger partial charge is 0.504 e. The van der Waals surface area contributed by atoms with Crippen LogP contribution in [0.4, 0.5) is 8.78 Å². The first-order chi connectivity index (χ1) is 21.4. The standard InChI is InChI=1S/C31H27ClF2N6O4S/c1-39(2)31(42)25-19(32)5-4-6-24(25)45-17-8-10-22(18(14-17)29-37-11-12-40(29)3)43-27-20(33)15-38-30(26(27)34)44-23-13-16(28(35)36)7-9-21(23)41/h4-10,13-15,41H,11-12H2,1-3H3,(H3,35,36). The smallest absolute Gasteiger partial charge is 0.260 e. The molecule has 10 nitrogen and oxygen atoms in total. The number of ether oxygens (including phenoxy) is 2. The van der Waals surface area contributed by atoms with Crippen LogP contribution < -0.4 is 15.2 Å². The molecule has 0 saturated carbocycles. The number of pyridine rings is 1. The number of aromatic hydroxyl groups is 1. The Morgan fingerprint density at radius 1 is 1.13 bits per heavy atom. The number of nitrogens with zero attached hydrogens (tertiary/aromatic N) is 4. The van der Waals surface area contributed by atoms with Gasteiger partial charge in [0.05, 0.1) is 28.9 Å². The lowest BCUT2D eigenvalue weighted by Gasteiger charge is -2.19. The van der Waals surface area contributed by atoms with Gasteiger partial charge in [-0.3, -0.25) is 15.2 Å². The Labute approximate surface area is 266 Å². The van der Waals surface area contributed by atoms with Crippen molar-refractivity contribution >= 4 is 40.9 Å². The number of hydrogen-bond acceptors (Lipinski definition) is 9. The first-order valence-corrected chi connectivity index (χ1v) is 14.6. The molecule has 0 aliphatic carbocycles. The molecule has 4 N–H and O–H groups in total. The highest BCUT2D eigenvalue weighted by Gasteiger charge is 2.26. The highest BCUT2D eigenvalue weighted by atomic mass is 35.5. The molecule has 2 heterocycles. The Morgan fingerprint density at radius 2 is 1.91 bits per heavy atom. The zero-order valence-electron chi connectivity index (χ0n) is 24.3. The summed E-state index contributed by atoms with van der Waals surface area (Å²) in [6.07, 6.45) is 0.727. The van der Waals surface area contributed by atoms with Crippen LogP contribution in [0, 0.1) is 17.0 Å². The minimum Gasteiger partial charge on any atom is -0.504 e. The molecule has 0 atom stereocenters. The van der Waals surface area contributed by atoms with E-state index in [9.17, 15) is 9.90 Å². The summed E-state index contributed by atoms with van der Waals surface area (Å²) in [7, 11) is 5.11. The highest BCUT2D eigenvalue weighted by molar-refractivity contribution is 7.99. The Kier molecular flexibility index (Phi) is 9.11. The number of amidine groups is 2. The van der Waals surface area contributed by atoms with E-state index in [2.05, 4.69) is 9.98 Å². The molecule has 1 aromatic heterocycles. The number of phenolic OH excluding ortho intramolecular Hbond substituents is 1. The number of likely N-dealkylation sites (N-methyl/N-ethyl adjacent to an activating group) is 1. The second-order valence-electron chi connectivity index (χ2n) is 10.1. The first-order valence-electron chi connectivity index (χ1n) is 13.4. The molecule has 0 spiro atoms. The van der Waals surface area contributed by atoms with Crippen LogP contribution in [0.5, 0.6) is 28.9 Å². The normalized spacial score (nSPS) is 12.6. The third-order valence-electron chi connectivity index (χ3n) is 6.66. The van der Waals surface area contributed by atoms with Crippen LogP contribution in [0.3, 0.4) is 0 Å². The molecule has 1 amide bonds. The van der Waals surface area contributed by atoms with E-state index in [0.29, 0.717) is 44.9 Å². The molecule has 1 aliphatic rings. The van der Waals surface area contributed by atoms with Crippen molar-refractivity contribution in [1.29, 1.82) is 5.41 Å². The lowest BCUT2D eigenvalue weighted by atomic mass is 10.1. The number of benzene rings is 3. The molecular weight excluding hydrogens is 626 g/mol. The van der Waals surface area contributed by atoms with Crippen LogP contribution in [-0.4, -0.2) is 71.7 Å². The molecule has 0 radical (unpaired) electrons. The maximum atomic E-state index is 15.7. The fourth-order valence-electron chi connectivity index (χ4n) is 4.38. The van der Waals surface area contributed by atoms with Gasteiger partial charge in [-0.2, -0.15) is 4.39 Å². The number of aliphatic imine (C=N–C) groups is 1. The van der Waals surface area contributed by atoms with Gasteiger partial charge >= 0.3 is 0 Å². The number of phenols is 1. The summed E-state index contributed by atoms with van der Waals surface area (Å²) < 4.78 is 42.0. The second kappa shape index (κ2) is 13.0. The Morgan fingerprint density at radius 3 is 2.60 bits per heavy atom. The molecule has 3 aromatic carbocycles. The summed E-state index contributed by atoms with van der Waals surface area (Å²) in [4.78, 5) is 25.8. The minimum absolute atomic E-state index is 0.0962. The summed E-state index contributed by atoms with van der Waals surface area (Å²) in [6.45, 7) is 1.14. The molecule has 45 heavy (non-hydrogen) atoms. The fraction of sp³-hybridized carbons (Fsp3) is 0.161. The number of halogens is 3. The first kappa shape index (κ1) is 31.5. The maximum Gasteiger partial charge on any atom is 0.260 e. The van der Waals surface area contributed by atoms with Gasteiger partial charge in [0.15, 0.2) is 17.3 Å². The van der Waals surface area contributed by atoms with Crippen LogP contribution in [-0.2, 0) is 0 Å². The van der Waals surface area contributed by atoms with Crippen LogP contribution in [0.15, 0.2) is 75.6 Å². The van der Waals surface area contributed by atoms with Gasteiger partial charge in [-0.15, -0.1) is 0 Å². The average Bonchev–Trinajstić information content (AvgIpc) is 3.43. The number of nitrogen functional groups attached to an aromatic ring is 1. The highest BCUT2D eigenvalue weighted by Crippen LogP contribution is 2.40. The molecular formula is C31H27ClF2N6O4S. The van der Waals surface area contributed by atoms with Gasteiger partial charge in [0.25, 0.3) is 11.8 Å². The van der Waals surface area contributed by atoms with Gasteiger partial charge in [0, 0.05) is 43.0 Å². The lowest BCUT2D eigenvalue weighted by Crippen LogP contribution is -2.24. The van der Waals surface area contributed by atoms with Crippen LogP contribution in [0.2, 0.25) is 5.02 Å². The molecule has 0 saturated heterocycles. The van der Waals surface area contributed by atoms with E-state index in [1.807, 2.05) is 11.9 Å². The van der Waals surface area contributed by atoms with E-state index >= 15 is 8.78 Å². The van der Waals surface area contributed by atoms with Gasteiger partial charge in [-0.1, -0.05) is 29.4 Å².